The molecule has 1 aromatic heterocycles. The number of likely N-dealkylation sites (tertiary alicyclic amines) is 1. The molecular weight excluding hydrogens is 462 g/mol. The van der Waals surface area contributed by atoms with Gasteiger partial charge in [0.15, 0.2) is 17.2 Å². The Morgan fingerprint density at radius 3 is 2.31 bits per heavy atom. The number of piperidine rings is 1. The number of thiophene rings is 1. The van der Waals surface area contributed by atoms with Gasteiger partial charge < -0.3 is 24.4 Å². The van der Waals surface area contributed by atoms with Gasteiger partial charge >= 0.3 is 0 Å². The van der Waals surface area contributed by atoms with E-state index in [-0.39, 0.29) is 11.5 Å². The van der Waals surface area contributed by atoms with Crippen molar-refractivity contribution in [3.05, 3.63) is 60.7 Å². The minimum atomic E-state index is -0.172. The van der Waals surface area contributed by atoms with Gasteiger partial charge in [0.2, 0.25) is 0 Å². The highest BCUT2D eigenvalue weighted by atomic mass is 32.1. The van der Waals surface area contributed by atoms with Crippen molar-refractivity contribution in [1.82, 2.24) is 4.90 Å². The van der Waals surface area contributed by atoms with Crippen molar-refractivity contribution in [3.8, 4) is 44.9 Å². The first-order valence-electron chi connectivity index (χ1n) is 11.9. The van der Waals surface area contributed by atoms with Crippen molar-refractivity contribution in [3.63, 3.8) is 0 Å². The quantitative estimate of drug-likeness (QED) is 0.269. The second kappa shape index (κ2) is 10.5. The van der Waals surface area contributed by atoms with E-state index in [1.165, 1.54) is 25.3 Å². The molecule has 0 spiro atoms. The van der Waals surface area contributed by atoms with Crippen LogP contribution in [0.4, 0.5) is 0 Å². The number of ether oxygens (including phenoxy) is 3. The van der Waals surface area contributed by atoms with E-state index < -0.39 is 0 Å². The number of benzene rings is 3. The van der Waals surface area contributed by atoms with E-state index in [1.54, 1.807) is 30.6 Å². The number of methoxy groups -OCH3 is 1. The van der Waals surface area contributed by atoms with Crippen LogP contribution in [0.2, 0.25) is 0 Å². The Kier molecular flexibility index (Phi) is 6.97. The van der Waals surface area contributed by atoms with Gasteiger partial charge in [0.05, 0.1) is 12.0 Å². The Bertz CT molecular complexity index is 1290. The molecule has 0 unspecified atom stereocenters. The summed E-state index contributed by atoms with van der Waals surface area (Å²) in [5.41, 5.74) is 0.758. The molecule has 2 heterocycles. The Hall–Kier alpha value is -3.42. The second-order valence-electron chi connectivity index (χ2n) is 8.65. The summed E-state index contributed by atoms with van der Waals surface area (Å²) in [7, 11) is 1.64. The number of phenols is 2. The summed E-state index contributed by atoms with van der Waals surface area (Å²) in [6.45, 7) is 3.95. The van der Waals surface area contributed by atoms with Crippen LogP contribution < -0.4 is 14.2 Å². The van der Waals surface area contributed by atoms with Crippen molar-refractivity contribution >= 4 is 21.4 Å². The van der Waals surface area contributed by atoms with Crippen LogP contribution >= 0.6 is 11.3 Å². The lowest BCUT2D eigenvalue weighted by molar-refractivity contribution is 0.183. The highest BCUT2D eigenvalue weighted by Crippen LogP contribution is 2.48. The Balaban J connectivity index is 1.37. The van der Waals surface area contributed by atoms with Crippen molar-refractivity contribution in [2.75, 3.05) is 33.4 Å². The van der Waals surface area contributed by atoms with Gasteiger partial charge in [-0.2, -0.15) is 0 Å². The fourth-order valence-corrected chi connectivity index (χ4v) is 5.49. The Morgan fingerprint density at radius 2 is 1.57 bits per heavy atom. The fourth-order valence-electron chi connectivity index (χ4n) is 4.33. The first-order valence-corrected chi connectivity index (χ1v) is 12.7. The Morgan fingerprint density at radius 1 is 0.829 bits per heavy atom. The maximum Gasteiger partial charge on any atom is 0.158 e. The SMILES string of the molecule is COc1ccc2c(Oc3ccc(OCCN4CCCCC4)cc3)c(-c3ccc(O)c(O)c3)sc2c1. The average molecular weight is 492 g/mol. The minimum absolute atomic E-state index is 0.158. The van der Waals surface area contributed by atoms with Crippen LogP contribution in [0.1, 0.15) is 19.3 Å². The zero-order chi connectivity index (χ0) is 24.2. The van der Waals surface area contributed by atoms with Crippen LogP contribution in [-0.2, 0) is 0 Å². The summed E-state index contributed by atoms with van der Waals surface area (Å²) in [6.07, 6.45) is 3.89. The van der Waals surface area contributed by atoms with Gasteiger partial charge in [-0.1, -0.05) is 6.42 Å². The highest BCUT2D eigenvalue weighted by Gasteiger charge is 2.18. The lowest BCUT2D eigenvalue weighted by Gasteiger charge is -2.26. The molecule has 0 saturated carbocycles. The van der Waals surface area contributed by atoms with Crippen LogP contribution in [-0.4, -0.2) is 48.5 Å². The number of rotatable bonds is 8. The molecule has 1 aliphatic rings. The molecule has 4 aromatic rings. The highest BCUT2D eigenvalue weighted by molar-refractivity contribution is 7.22. The summed E-state index contributed by atoms with van der Waals surface area (Å²) in [6, 6.07) is 18.3. The number of hydrogen-bond donors (Lipinski definition) is 2. The molecule has 5 rings (SSSR count). The molecule has 1 fully saturated rings. The van der Waals surface area contributed by atoms with E-state index in [1.807, 2.05) is 42.5 Å². The van der Waals surface area contributed by atoms with Gasteiger partial charge in [0, 0.05) is 16.6 Å². The molecule has 35 heavy (non-hydrogen) atoms. The molecule has 1 saturated heterocycles. The van der Waals surface area contributed by atoms with Crippen molar-refractivity contribution in [2.45, 2.75) is 19.3 Å². The molecule has 0 amide bonds. The molecule has 1 aliphatic heterocycles. The fraction of sp³-hybridized carbons (Fsp3) is 0.286. The van der Waals surface area contributed by atoms with Gasteiger partial charge in [-0.25, -0.2) is 0 Å². The molecule has 0 radical (unpaired) electrons. The number of hydrogen-bond acceptors (Lipinski definition) is 7. The molecule has 0 atom stereocenters. The van der Waals surface area contributed by atoms with E-state index in [0.717, 1.165) is 51.7 Å². The average Bonchev–Trinajstić information content (AvgIpc) is 3.24. The summed E-state index contributed by atoms with van der Waals surface area (Å²) in [5, 5.41) is 20.8. The van der Waals surface area contributed by atoms with E-state index in [4.69, 9.17) is 14.2 Å². The third-order valence-electron chi connectivity index (χ3n) is 6.26. The van der Waals surface area contributed by atoms with Crippen molar-refractivity contribution < 1.29 is 24.4 Å². The second-order valence-corrected chi connectivity index (χ2v) is 9.70. The van der Waals surface area contributed by atoms with Crippen molar-refractivity contribution in [2.24, 2.45) is 0 Å². The van der Waals surface area contributed by atoms with Gasteiger partial charge in [-0.15, -0.1) is 11.3 Å². The number of aromatic hydroxyl groups is 2. The molecular formula is C28H29NO5S. The third kappa shape index (κ3) is 5.31. The summed E-state index contributed by atoms with van der Waals surface area (Å²) >= 11 is 1.54. The first kappa shape index (κ1) is 23.3. The predicted octanol–water partition coefficient (Wildman–Crippen LogP) is 6.65. The maximum atomic E-state index is 10.1. The third-order valence-corrected chi connectivity index (χ3v) is 7.44. The van der Waals surface area contributed by atoms with E-state index in [2.05, 4.69) is 4.90 Å². The van der Waals surface area contributed by atoms with Crippen LogP contribution in [0.15, 0.2) is 60.7 Å². The van der Waals surface area contributed by atoms with E-state index in [9.17, 15) is 10.2 Å². The van der Waals surface area contributed by atoms with Crippen LogP contribution in [0.25, 0.3) is 20.5 Å². The normalized spacial score (nSPS) is 14.2. The summed E-state index contributed by atoms with van der Waals surface area (Å²) in [4.78, 5) is 3.31. The molecule has 2 N–H and O–H groups in total. The maximum absolute atomic E-state index is 10.1. The number of phenolic OH excluding ortho intramolecular Hbond substituents is 2. The number of fused-ring (bicyclic) bond motifs is 1. The van der Waals surface area contributed by atoms with E-state index in [0.29, 0.717) is 18.1 Å². The smallest absolute Gasteiger partial charge is 0.158 e. The molecule has 3 aromatic carbocycles. The largest absolute Gasteiger partial charge is 0.504 e. The minimum Gasteiger partial charge on any atom is -0.504 e. The van der Waals surface area contributed by atoms with Crippen LogP contribution in [0, 0.1) is 0 Å². The monoisotopic (exact) mass is 491 g/mol. The zero-order valence-corrected chi connectivity index (χ0v) is 20.5. The first-order chi connectivity index (χ1) is 17.1. The molecule has 6 nitrogen and oxygen atoms in total. The molecule has 182 valence electrons. The van der Waals surface area contributed by atoms with Gasteiger partial charge in [-0.3, -0.25) is 4.90 Å². The molecule has 0 bridgehead atoms. The van der Waals surface area contributed by atoms with Crippen LogP contribution in [0.5, 0.6) is 34.5 Å². The molecule has 0 aliphatic carbocycles. The van der Waals surface area contributed by atoms with Crippen molar-refractivity contribution in [1.29, 1.82) is 0 Å². The topological polar surface area (TPSA) is 71.4 Å². The number of nitrogens with zero attached hydrogens (tertiary/aromatic N) is 1. The van der Waals surface area contributed by atoms with Gasteiger partial charge in [0.1, 0.15) is 23.9 Å². The van der Waals surface area contributed by atoms with Gasteiger partial charge in [-0.05, 0) is 92.2 Å². The standard InChI is InChI=1S/C28H29NO5S/c1-32-22-10-11-23-26(18-22)35-28(19-5-12-24(30)25(31)17-19)27(23)34-21-8-6-20(7-9-21)33-16-15-29-13-3-2-4-14-29/h5-12,17-18,30-31H,2-4,13-16H2,1H3. The Labute approximate surface area is 208 Å². The van der Waals surface area contributed by atoms with Gasteiger partial charge in [0.25, 0.3) is 0 Å². The lowest BCUT2D eigenvalue weighted by Crippen LogP contribution is -2.33. The van der Waals surface area contributed by atoms with E-state index >= 15 is 0 Å². The van der Waals surface area contributed by atoms with Crippen LogP contribution in [0.3, 0.4) is 0 Å². The lowest BCUT2D eigenvalue weighted by atomic mass is 10.1. The zero-order valence-electron chi connectivity index (χ0n) is 19.7. The predicted molar refractivity (Wildman–Crippen MR) is 139 cm³/mol. The summed E-state index contributed by atoms with van der Waals surface area (Å²) < 4.78 is 18.7. The molecule has 7 heteroatoms. The summed E-state index contributed by atoms with van der Waals surface area (Å²) in [5.74, 6) is 2.63.